The minimum atomic E-state index is -3.84. The van der Waals surface area contributed by atoms with Gasteiger partial charge < -0.3 is 5.32 Å². The van der Waals surface area contributed by atoms with Gasteiger partial charge in [0, 0.05) is 29.4 Å². The van der Waals surface area contributed by atoms with Crippen molar-refractivity contribution < 1.29 is 18.0 Å². The highest BCUT2D eigenvalue weighted by Gasteiger charge is 2.16. The summed E-state index contributed by atoms with van der Waals surface area (Å²) < 4.78 is 27.7. The Labute approximate surface area is 163 Å². The Bertz CT molecular complexity index is 1110. The van der Waals surface area contributed by atoms with Crippen LogP contribution in [0.3, 0.4) is 0 Å². The number of nitrogens with one attached hydrogen (secondary N) is 2. The first-order valence-electron chi connectivity index (χ1n) is 8.45. The van der Waals surface area contributed by atoms with Gasteiger partial charge in [-0.25, -0.2) is 8.42 Å². The van der Waals surface area contributed by atoms with E-state index in [9.17, 15) is 18.0 Å². The molecule has 3 rings (SSSR count). The molecule has 28 heavy (non-hydrogen) atoms. The summed E-state index contributed by atoms with van der Waals surface area (Å²) in [6.07, 6.45) is 0. The average Bonchev–Trinajstić information content (AvgIpc) is 2.68. The summed E-state index contributed by atoms with van der Waals surface area (Å²) in [5.41, 5.74) is 1.69. The van der Waals surface area contributed by atoms with E-state index in [1.54, 1.807) is 42.5 Å². The van der Waals surface area contributed by atoms with Crippen molar-refractivity contribution in [3.05, 3.63) is 90.0 Å². The molecule has 0 fully saturated rings. The van der Waals surface area contributed by atoms with E-state index in [1.165, 1.54) is 37.3 Å². The summed E-state index contributed by atoms with van der Waals surface area (Å²) in [7, 11) is -3.84. The van der Waals surface area contributed by atoms with Crippen molar-refractivity contribution in [3.8, 4) is 0 Å². The normalized spacial score (nSPS) is 10.9. The van der Waals surface area contributed by atoms with E-state index in [4.69, 9.17) is 0 Å². The fraction of sp³-hybridized carbons (Fsp3) is 0.0476. The zero-order chi connectivity index (χ0) is 20.1. The van der Waals surface area contributed by atoms with Crippen molar-refractivity contribution in [1.82, 2.24) is 0 Å². The first kappa shape index (κ1) is 19.3. The van der Waals surface area contributed by atoms with Crippen molar-refractivity contribution >= 4 is 33.1 Å². The van der Waals surface area contributed by atoms with Crippen LogP contribution in [-0.2, 0) is 14.8 Å². The predicted octanol–water partition coefficient (Wildman–Crippen LogP) is 3.68. The van der Waals surface area contributed by atoms with Gasteiger partial charge in [-0.2, -0.15) is 0 Å². The van der Waals surface area contributed by atoms with Crippen LogP contribution in [0.2, 0.25) is 0 Å². The zero-order valence-electron chi connectivity index (χ0n) is 15.0. The van der Waals surface area contributed by atoms with Gasteiger partial charge in [-0.3, -0.25) is 14.3 Å². The third-order valence-electron chi connectivity index (χ3n) is 3.90. The third-order valence-corrected chi connectivity index (χ3v) is 5.30. The molecule has 7 heteroatoms. The molecule has 2 N–H and O–H groups in total. The van der Waals surface area contributed by atoms with E-state index < -0.39 is 10.0 Å². The van der Waals surface area contributed by atoms with E-state index >= 15 is 0 Å². The number of ketones is 1. The van der Waals surface area contributed by atoms with E-state index in [2.05, 4.69) is 10.0 Å². The summed E-state index contributed by atoms with van der Waals surface area (Å²) in [4.78, 5) is 23.6. The summed E-state index contributed by atoms with van der Waals surface area (Å²) >= 11 is 0. The number of hydrogen-bond acceptors (Lipinski definition) is 4. The second-order valence-electron chi connectivity index (χ2n) is 6.09. The largest absolute Gasteiger partial charge is 0.326 e. The van der Waals surface area contributed by atoms with Crippen LogP contribution in [0.25, 0.3) is 0 Å². The Kier molecular flexibility index (Phi) is 5.56. The molecule has 3 aromatic rings. The lowest BCUT2D eigenvalue weighted by molar-refractivity contribution is -0.114. The quantitative estimate of drug-likeness (QED) is 0.624. The van der Waals surface area contributed by atoms with E-state index in [1.807, 2.05) is 6.07 Å². The molecule has 0 spiro atoms. The Morgan fingerprint density at radius 1 is 0.750 bits per heavy atom. The van der Waals surface area contributed by atoms with Gasteiger partial charge in [0.2, 0.25) is 5.91 Å². The van der Waals surface area contributed by atoms with Crippen LogP contribution >= 0.6 is 0 Å². The molecular weight excluding hydrogens is 376 g/mol. The molecule has 1 amide bonds. The van der Waals surface area contributed by atoms with E-state index in [-0.39, 0.29) is 22.3 Å². The van der Waals surface area contributed by atoms with Crippen molar-refractivity contribution in [1.29, 1.82) is 0 Å². The SMILES string of the molecule is CC(=O)Nc1ccc(S(=O)(=O)Nc2cccc(C(=O)c3ccccc3)c2)cc1. The highest BCUT2D eigenvalue weighted by atomic mass is 32.2. The minimum Gasteiger partial charge on any atom is -0.326 e. The van der Waals surface area contributed by atoms with E-state index in [0.29, 0.717) is 16.8 Å². The molecule has 0 radical (unpaired) electrons. The number of hydrogen-bond donors (Lipinski definition) is 2. The fourth-order valence-electron chi connectivity index (χ4n) is 2.61. The van der Waals surface area contributed by atoms with Crippen molar-refractivity contribution in [2.45, 2.75) is 11.8 Å². The first-order chi connectivity index (χ1) is 13.3. The van der Waals surface area contributed by atoms with Crippen LogP contribution in [-0.4, -0.2) is 20.1 Å². The fourth-order valence-corrected chi connectivity index (χ4v) is 3.66. The van der Waals surface area contributed by atoms with Gasteiger partial charge in [0.25, 0.3) is 10.0 Å². The molecule has 0 atom stereocenters. The zero-order valence-corrected chi connectivity index (χ0v) is 15.9. The molecule has 0 aliphatic rings. The summed E-state index contributed by atoms with van der Waals surface area (Å²) in [6, 6.07) is 20.9. The van der Waals surface area contributed by atoms with Crippen LogP contribution in [0, 0.1) is 0 Å². The lowest BCUT2D eigenvalue weighted by Crippen LogP contribution is -2.14. The van der Waals surface area contributed by atoms with Crippen LogP contribution in [0.1, 0.15) is 22.8 Å². The molecule has 0 aromatic heterocycles. The van der Waals surface area contributed by atoms with Gasteiger partial charge in [-0.1, -0.05) is 42.5 Å². The number of benzene rings is 3. The molecule has 0 saturated heterocycles. The maximum absolute atomic E-state index is 12.6. The Morgan fingerprint density at radius 3 is 2.04 bits per heavy atom. The summed E-state index contributed by atoms with van der Waals surface area (Å²) in [5, 5.41) is 2.58. The van der Waals surface area contributed by atoms with Gasteiger partial charge in [0.15, 0.2) is 5.78 Å². The molecule has 142 valence electrons. The molecule has 0 bridgehead atoms. The van der Waals surface area contributed by atoms with Gasteiger partial charge >= 0.3 is 0 Å². The lowest BCUT2D eigenvalue weighted by Gasteiger charge is -2.10. The smallest absolute Gasteiger partial charge is 0.261 e. The molecule has 6 nitrogen and oxygen atoms in total. The van der Waals surface area contributed by atoms with Crippen LogP contribution in [0.15, 0.2) is 83.8 Å². The Balaban J connectivity index is 1.81. The van der Waals surface area contributed by atoms with Crippen LogP contribution < -0.4 is 10.0 Å². The van der Waals surface area contributed by atoms with Gasteiger partial charge in [0.1, 0.15) is 0 Å². The molecule has 0 unspecified atom stereocenters. The number of amides is 1. The molecular formula is C21H18N2O4S. The van der Waals surface area contributed by atoms with Crippen LogP contribution in [0.4, 0.5) is 11.4 Å². The Hall–Kier alpha value is -3.45. The maximum Gasteiger partial charge on any atom is 0.261 e. The topological polar surface area (TPSA) is 92.3 Å². The summed E-state index contributed by atoms with van der Waals surface area (Å²) in [6.45, 7) is 1.37. The third kappa shape index (κ3) is 4.63. The van der Waals surface area contributed by atoms with Gasteiger partial charge in [-0.05, 0) is 36.4 Å². The van der Waals surface area contributed by atoms with E-state index in [0.717, 1.165) is 0 Å². The monoisotopic (exact) mass is 394 g/mol. The number of carbonyl (C=O) groups excluding carboxylic acids is 2. The number of anilines is 2. The number of sulfonamides is 1. The summed E-state index contributed by atoms with van der Waals surface area (Å²) in [5.74, 6) is -0.435. The van der Waals surface area contributed by atoms with Crippen molar-refractivity contribution in [3.63, 3.8) is 0 Å². The van der Waals surface area contributed by atoms with Crippen molar-refractivity contribution in [2.75, 3.05) is 10.0 Å². The standard InChI is InChI=1S/C21H18N2O4S/c1-15(24)22-18-10-12-20(13-11-18)28(26,27)23-19-9-5-8-17(14-19)21(25)16-6-3-2-4-7-16/h2-14,23H,1H3,(H,22,24). The average molecular weight is 394 g/mol. The lowest BCUT2D eigenvalue weighted by atomic mass is 10.0. The highest BCUT2D eigenvalue weighted by Crippen LogP contribution is 2.20. The van der Waals surface area contributed by atoms with Gasteiger partial charge in [0.05, 0.1) is 4.90 Å². The van der Waals surface area contributed by atoms with Gasteiger partial charge in [-0.15, -0.1) is 0 Å². The highest BCUT2D eigenvalue weighted by molar-refractivity contribution is 7.92. The Morgan fingerprint density at radius 2 is 1.39 bits per heavy atom. The second kappa shape index (κ2) is 8.06. The molecule has 3 aromatic carbocycles. The molecule has 0 heterocycles. The van der Waals surface area contributed by atoms with Crippen LogP contribution in [0.5, 0.6) is 0 Å². The molecule has 0 aliphatic carbocycles. The maximum atomic E-state index is 12.6. The first-order valence-corrected chi connectivity index (χ1v) is 9.94. The second-order valence-corrected chi connectivity index (χ2v) is 7.77. The number of carbonyl (C=O) groups is 2. The minimum absolute atomic E-state index is 0.0430. The number of rotatable bonds is 6. The molecule has 0 aliphatic heterocycles. The molecule has 0 saturated carbocycles. The van der Waals surface area contributed by atoms with Crippen molar-refractivity contribution in [2.24, 2.45) is 0 Å². The predicted molar refractivity (Wildman–Crippen MR) is 108 cm³/mol.